The molecule has 0 aliphatic rings. The first-order chi connectivity index (χ1) is 8.17. The number of carbonyl (C=O) groups excluding carboxylic acids is 1. The Morgan fingerprint density at radius 2 is 2.18 bits per heavy atom. The van der Waals surface area contributed by atoms with E-state index in [1.165, 1.54) is 0 Å². The molecule has 0 aromatic heterocycles. The van der Waals surface area contributed by atoms with E-state index in [9.17, 15) is 4.79 Å². The first-order valence-corrected chi connectivity index (χ1v) is 6.14. The maximum atomic E-state index is 11.6. The summed E-state index contributed by atoms with van der Waals surface area (Å²) in [6, 6.07) is 7.00. The van der Waals surface area contributed by atoms with Crippen LogP contribution in [0.1, 0.15) is 26.7 Å². The minimum Gasteiger partial charge on any atom is -0.479 e. The SMILES string of the molecule is CCCC(Oc1cccc(Cl)c1)C(=O)OCC. The van der Waals surface area contributed by atoms with Gasteiger partial charge < -0.3 is 9.47 Å². The molecule has 0 saturated heterocycles. The molecule has 0 amide bonds. The summed E-state index contributed by atoms with van der Waals surface area (Å²) < 4.78 is 10.6. The monoisotopic (exact) mass is 256 g/mol. The summed E-state index contributed by atoms with van der Waals surface area (Å²) in [4.78, 5) is 11.6. The molecule has 0 radical (unpaired) electrons. The highest BCUT2D eigenvalue weighted by atomic mass is 35.5. The van der Waals surface area contributed by atoms with Crippen LogP contribution in [0.15, 0.2) is 24.3 Å². The van der Waals surface area contributed by atoms with E-state index in [0.29, 0.717) is 23.8 Å². The smallest absolute Gasteiger partial charge is 0.347 e. The summed E-state index contributed by atoms with van der Waals surface area (Å²) in [5, 5.41) is 0.585. The van der Waals surface area contributed by atoms with Gasteiger partial charge in [-0.1, -0.05) is 31.0 Å². The number of rotatable bonds is 6. The second kappa shape index (κ2) is 7.17. The second-order valence-electron chi connectivity index (χ2n) is 3.60. The van der Waals surface area contributed by atoms with E-state index in [0.717, 1.165) is 6.42 Å². The molecule has 0 aliphatic heterocycles. The maximum absolute atomic E-state index is 11.6. The van der Waals surface area contributed by atoms with Gasteiger partial charge in [-0.15, -0.1) is 0 Å². The minimum atomic E-state index is -0.557. The van der Waals surface area contributed by atoms with Gasteiger partial charge in [-0.25, -0.2) is 4.79 Å². The largest absolute Gasteiger partial charge is 0.479 e. The highest BCUT2D eigenvalue weighted by Gasteiger charge is 2.20. The molecular formula is C13H17ClO3. The van der Waals surface area contributed by atoms with Crippen molar-refractivity contribution in [1.29, 1.82) is 0 Å². The van der Waals surface area contributed by atoms with Crippen LogP contribution in [0.2, 0.25) is 5.02 Å². The predicted octanol–water partition coefficient (Wildman–Crippen LogP) is 3.45. The average molecular weight is 257 g/mol. The third kappa shape index (κ3) is 4.65. The first-order valence-electron chi connectivity index (χ1n) is 5.76. The molecular weight excluding hydrogens is 240 g/mol. The number of carbonyl (C=O) groups is 1. The van der Waals surface area contributed by atoms with Crippen LogP contribution in [0.4, 0.5) is 0 Å². The van der Waals surface area contributed by atoms with Crippen molar-refractivity contribution < 1.29 is 14.3 Å². The maximum Gasteiger partial charge on any atom is 0.347 e. The third-order valence-corrected chi connectivity index (χ3v) is 2.41. The third-order valence-electron chi connectivity index (χ3n) is 2.17. The van der Waals surface area contributed by atoms with Crippen molar-refractivity contribution in [1.82, 2.24) is 0 Å². The first kappa shape index (κ1) is 13.8. The number of esters is 1. The Labute approximate surface area is 107 Å². The number of ether oxygens (including phenoxy) is 2. The lowest BCUT2D eigenvalue weighted by molar-refractivity contribution is -0.151. The molecule has 4 heteroatoms. The molecule has 0 heterocycles. The molecule has 3 nitrogen and oxygen atoms in total. The quantitative estimate of drug-likeness (QED) is 0.732. The second-order valence-corrected chi connectivity index (χ2v) is 4.04. The van der Waals surface area contributed by atoms with E-state index in [4.69, 9.17) is 21.1 Å². The van der Waals surface area contributed by atoms with Gasteiger partial charge in [-0.3, -0.25) is 0 Å². The van der Waals surface area contributed by atoms with Gasteiger partial charge in [0.05, 0.1) is 6.61 Å². The summed E-state index contributed by atoms with van der Waals surface area (Å²) in [6.07, 6.45) is 0.925. The van der Waals surface area contributed by atoms with Crippen molar-refractivity contribution in [3.8, 4) is 5.75 Å². The zero-order valence-electron chi connectivity index (χ0n) is 10.1. The average Bonchev–Trinajstić information content (AvgIpc) is 2.29. The Kier molecular flexibility index (Phi) is 5.84. The van der Waals surface area contributed by atoms with Gasteiger partial charge in [0.2, 0.25) is 0 Å². The molecule has 94 valence electrons. The lowest BCUT2D eigenvalue weighted by atomic mass is 10.2. The Hall–Kier alpha value is -1.22. The summed E-state index contributed by atoms with van der Waals surface area (Å²) in [5.41, 5.74) is 0. The Bertz CT molecular complexity index is 365. The normalized spacial score (nSPS) is 11.9. The van der Waals surface area contributed by atoms with Crippen LogP contribution in [-0.4, -0.2) is 18.7 Å². The van der Waals surface area contributed by atoms with E-state index < -0.39 is 6.10 Å². The lowest BCUT2D eigenvalue weighted by Crippen LogP contribution is -2.29. The van der Waals surface area contributed by atoms with Gasteiger partial charge >= 0.3 is 5.97 Å². The molecule has 0 aliphatic carbocycles. The van der Waals surface area contributed by atoms with E-state index in [-0.39, 0.29) is 5.97 Å². The van der Waals surface area contributed by atoms with Crippen molar-refractivity contribution in [2.45, 2.75) is 32.8 Å². The zero-order chi connectivity index (χ0) is 12.7. The van der Waals surface area contributed by atoms with Crippen LogP contribution in [0.5, 0.6) is 5.75 Å². The van der Waals surface area contributed by atoms with Crippen LogP contribution >= 0.6 is 11.6 Å². The van der Waals surface area contributed by atoms with E-state index in [2.05, 4.69) is 0 Å². The number of benzene rings is 1. The van der Waals surface area contributed by atoms with Crippen molar-refractivity contribution in [2.75, 3.05) is 6.61 Å². The van der Waals surface area contributed by atoms with E-state index >= 15 is 0 Å². The van der Waals surface area contributed by atoms with E-state index in [1.54, 1.807) is 31.2 Å². The van der Waals surface area contributed by atoms with Crippen molar-refractivity contribution in [3.63, 3.8) is 0 Å². The lowest BCUT2D eigenvalue weighted by Gasteiger charge is -2.17. The number of hydrogen-bond donors (Lipinski definition) is 0. The molecule has 1 atom stereocenters. The van der Waals surface area contributed by atoms with Gasteiger partial charge in [0.25, 0.3) is 0 Å². The fourth-order valence-electron chi connectivity index (χ4n) is 1.43. The molecule has 0 spiro atoms. The summed E-state index contributed by atoms with van der Waals surface area (Å²) in [5.74, 6) is 0.262. The van der Waals surface area contributed by atoms with Crippen LogP contribution in [0.3, 0.4) is 0 Å². The van der Waals surface area contributed by atoms with Crippen molar-refractivity contribution in [3.05, 3.63) is 29.3 Å². The Morgan fingerprint density at radius 3 is 2.76 bits per heavy atom. The molecule has 0 N–H and O–H groups in total. The van der Waals surface area contributed by atoms with E-state index in [1.807, 2.05) is 6.92 Å². The summed E-state index contributed by atoms with van der Waals surface area (Å²) >= 11 is 5.85. The standard InChI is InChI=1S/C13H17ClO3/c1-3-6-12(13(15)16-4-2)17-11-8-5-7-10(14)9-11/h5,7-9,12H,3-4,6H2,1-2H3. The molecule has 1 aromatic carbocycles. The Morgan fingerprint density at radius 1 is 1.41 bits per heavy atom. The molecule has 17 heavy (non-hydrogen) atoms. The molecule has 1 unspecified atom stereocenters. The Balaban J connectivity index is 2.69. The molecule has 1 rings (SSSR count). The zero-order valence-corrected chi connectivity index (χ0v) is 10.9. The predicted molar refractivity (Wildman–Crippen MR) is 67.4 cm³/mol. The molecule has 1 aromatic rings. The van der Waals surface area contributed by atoms with Crippen LogP contribution in [0, 0.1) is 0 Å². The fourth-order valence-corrected chi connectivity index (χ4v) is 1.61. The van der Waals surface area contributed by atoms with Gasteiger partial charge in [-0.2, -0.15) is 0 Å². The number of hydrogen-bond acceptors (Lipinski definition) is 3. The van der Waals surface area contributed by atoms with Gasteiger partial charge in [0.15, 0.2) is 6.10 Å². The highest BCUT2D eigenvalue weighted by molar-refractivity contribution is 6.30. The molecule has 0 saturated carbocycles. The minimum absolute atomic E-state index is 0.325. The number of halogens is 1. The van der Waals surface area contributed by atoms with Crippen LogP contribution in [0.25, 0.3) is 0 Å². The van der Waals surface area contributed by atoms with Crippen LogP contribution in [-0.2, 0) is 9.53 Å². The summed E-state index contributed by atoms with van der Waals surface area (Å²) in [7, 11) is 0. The molecule has 0 fully saturated rings. The van der Waals surface area contributed by atoms with Gasteiger partial charge in [0.1, 0.15) is 5.75 Å². The van der Waals surface area contributed by atoms with Crippen molar-refractivity contribution >= 4 is 17.6 Å². The van der Waals surface area contributed by atoms with Crippen molar-refractivity contribution in [2.24, 2.45) is 0 Å². The topological polar surface area (TPSA) is 35.5 Å². The van der Waals surface area contributed by atoms with Gasteiger partial charge in [0, 0.05) is 5.02 Å². The fraction of sp³-hybridized carbons (Fsp3) is 0.462. The summed E-state index contributed by atoms with van der Waals surface area (Å²) in [6.45, 7) is 4.13. The van der Waals surface area contributed by atoms with Crippen LogP contribution < -0.4 is 4.74 Å². The highest BCUT2D eigenvalue weighted by Crippen LogP contribution is 2.20. The molecule has 0 bridgehead atoms. The van der Waals surface area contributed by atoms with Gasteiger partial charge in [-0.05, 0) is 31.5 Å².